The molecule has 2 aromatic rings. The van der Waals surface area contributed by atoms with Gasteiger partial charge in [-0.15, -0.1) is 0 Å². The molecule has 0 saturated carbocycles. The molecule has 0 radical (unpaired) electrons. The first kappa shape index (κ1) is 16.0. The monoisotopic (exact) mass is 305 g/mol. The molecule has 0 aliphatic rings. The molecular formula is C16H19NO5. The van der Waals surface area contributed by atoms with Gasteiger partial charge >= 0.3 is 5.97 Å². The second kappa shape index (κ2) is 7.09. The van der Waals surface area contributed by atoms with E-state index in [2.05, 4.69) is 0 Å². The number of aromatic nitrogens is 1. The zero-order valence-electron chi connectivity index (χ0n) is 12.6. The molecule has 0 fully saturated rings. The predicted molar refractivity (Wildman–Crippen MR) is 82.4 cm³/mol. The number of carboxylic acid groups (broad SMARTS) is 1. The number of nitrogens with zero attached hydrogens (tertiary/aromatic N) is 1. The quantitative estimate of drug-likeness (QED) is 0.790. The van der Waals surface area contributed by atoms with Crippen LogP contribution in [0.25, 0.3) is 10.8 Å². The Kier molecular flexibility index (Phi) is 5.16. The highest BCUT2D eigenvalue weighted by atomic mass is 16.5. The third-order valence-corrected chi connectivity index (χ3v) is 3.31. The van der Waals surface area contributed by atoms with Crippen molar-refractivity contribution in [2.75, 3.05) is 13.2 Å². The number of carbonyl (C=O) groups is 1. The summed E-state index contributed by atoms with van der Waals surface area (Å²) < 4.78 is 12.2. The smallest absolute Gasteiger partial charge is 0.344 e. The Hall–Kier alpha value is -2.34. The number of benzene rings is 1. The van der Waals surface area contributed by atoms with E-state index in [0.717, 1.165) is 0 Å². The summed E-state index contributed by atoms with van der Waals surface area (Å²) in [4.78, 5) is 23.3. The summed E-state index contributed by atoms with van der Waals surface area (Å²) in [7, 11) is 0. The Balaban J connectivity index is 2.36. The number of pyridine rings is 1. The van der Waals surface area contributed by atoms with Gasteiger partial charge in [0.1, 0.15) is 5.75 Å². The van der Waals surface area contributed by atoms with Crippen LogP contribution in [-0.2, 0) is 16.1 Å². The van der Waals surface area contributed by atoms with Crippen molar-refractivity contribution in [3.63, 3.8) is 0 Å². The fourth-order valence-electron chi connectivity index (χ4n) is 2.12. The number of fused-ring (bicyclic) bond motifs is 1. The number of hydrogen-bond donors (Lipinski definition) is 1. The lowest BCUT2D eigenvalue weighted by Crippen LogP contribution is -2.24. The zero-order chi connectivity index (χ0) is 16.1. The maximum Gasteiger partial charge on any atom is 0.344 e. The number of carboxylic acids is 1. The Labute approximate surface area is 127 Å². The third kappa shape index (κ3) is 3.46. The van der Waals surface area contributed by atoms with Crippen molar-refractivity contribution in [3.05, 3.63) is 40.8 Å². The van der Waals surface area contributed by atoms with E-state index < -0.39 is 12.1 Å². The normalized spacial score (nSPS) is 12.3. The Morgan fingerprint density at radius 1 is 1.32 bits per heavy atom. The van der Waals surface area contributed by atoms with Crippen molar-refractivity contribution in [1.29, 1.82) is 0 Å². The average molecular weight is 305 g/mol. The average Bonchev–Trinajstić information content (AvgIpc) is 2.50. The van der Waals surface area contributed by atoms with Gasteiger partial charge in [-0.3, -0.25) is 4.79 Å². The largest absolute Gasteiger partial charge is 0.479 e. The second-order valence-corrected chi connectivity index (χ2v) is 4.83. The van der Waals surface area contributed by atoms with Gasteiger partial charge in [0.15, 0.2) is 6.10 Å². The number of aliphatic carboxylic acids is 1. The zero-order valence-corrected chi connectivity index (χ0v) is 12.6. The Morgan fingerprint density at radius 2 is 2.09 bits per heavy atom. The molecule has 0 spiro atoms. The molecule has 0 amide bonds. The van der Waals surface area contributed by atoms with Crippen LogP contribution in [0.3, 0.4) is 0 Å². The third-order valence-electron chi connectivity index (χ3n) is 3.31. The first-order valence-corrected chi connectivity index (χ1v) is 7.14. The molecule has 1 aromatic heterocycles. The molecule has 118 valence electrons. The highest BCUT2D eigenvalue weighted by molar-refractivity contribution is 5.87. The Morgan fingerprint density at radius 3 is 2.77 bits per heavy atom. The first-order valence-electron chi connectivity index (χ1n) is 7.14. The lowest BCUT2D eigenvalue weighted by molar-refractivity contribution is -0.144. The van der Waals surface area contributed by atoms with Crippen molar-refractivity contribution in [1.82, 2.24) is 4.57 Å². The van der Waals surface area contributed by atoms with Crippen LogP contribution in [0, 0.1) is 0 Å². The van der Waals surface area contributed by atoms with Gasteiger partial charge in [0.2, 0.25) is 0 Å². The van der Waals surface area contributed by atoms with Gasteiger partial charge < -0.3 is 19.1 Å². The van der Waals surface area contributed by atoms with Gasteiger partial charge in [-0.25, -0.2) is 4.79 Å². The molecule has 22 heavy (non-hydrogen) atoms. The van der Waals surface area contributed by atoms with E-state index in [9.17, 15) is 9.59 Å². The molecule has 1 heterocycles. The van der Waals surface area contributed by atoms with Crippen molar-refractivity contribution >= 4 is 16.7 Å². The van der Waals surface area contributed by atoms with Crippen LogP contribution in [-0.4, -0.2) is 35.0 Å². The van der Waals surface area contributed by atoms with E-state index in [1.807, 2.05) is 6.92 Å². The molecule has 1 aromatic carbocycles. The van der Waals surface area contributed by atoms with E-state index in [0.29, 0.717) is 36.3 Å². The molecule has 1 unspecified atom stereocenters. The lowest BCUT2D eigenvalue weighted by Gasteiger charge is -2.13. The van der Waals surface area contributed by atoms with Gasteiger partial charge in [0.05, 0.1) is 12.0 Å². The highest BCUT2D eigenvalue weighted by Gasteiger charge is 2.15. The minimum atomic E-state index is -1.05. The van der Waals surface area contributed by atoms with Crippen molar-refractivity contribution in [2.45, 2.75) is 26.5 Å². The number of ether oxygens (including phenoxy) is 2. The summed E-state index contributed by atoms with van der Waals surface area (Å²) >= 11 is 0. The summed E-state index contributed by atoms with van der Waals surface area (Å²) in [6.45, 7) is 4.89. The van der Waals surface area contributed by atoms with Crippen LogP contribution >= 0.6 is 0 Å². The van der Waals surface area contributed by atoms with E-state index in [-0.39, 0.29) is 5.56 Å². The lowest BCUT2D eigenvalue weighted by atomic mass is 10.1. The molecule has 0 aliphatic heterocycles. The number of hydrogen-bond acceptors (Lipinski definition) is 4. The molecular weight excluding hydrogens is 286 g/mol. The maximum absolute atomic E-state index is 12.4. The first-order chi connectivity index (χ1) is 10.5. The van der Waals surface area contributed by atoms with E-state index >= 15 is 0 Å². The summed E-state index contributed by atoms with van der Waals surface area (Å²) in [5.41, 5.74) is -0.148. The highest BCUT2D eigenvalue weighted by Crippen LogP contribution is 2.24. The summed E-state index contributed by atoms with van der Waals surface area (Å²) in [6.07, 6.45) is 0.688. The summed E-state index contributed by atoms with van der Waals surface area (Å²) in [5.74, 6) is -0.663. The molecule has 0 bridgehead atoms. The molecule has 6 nitrogen and oxygen atoms in total. The van der Waals surface area contributed by atoms with E-state index in [4.69, 9.17) is 14.6 Å². The maximum atomic E-state index is 12.4. The van der Waals surface area contributed by atoms with Crippen LogP contribution in [0.1, 0.15) is 13.8 Å². The molecule has 1 atom stereocenters. The van der Waals surface area contributed by atoms with Crippen LogP contribution in [0.15, 0.2) is 35.3 Å². The van der Waals surface area contributed by atoms with Gasteiger partial charge in [-0.2, -0.15) is 0 Å². The van der Waals surface area contributed by atoms with E-state index in [1.54, 1.807) is 35.0 Å². The van der Waals surface area contributed by atoms with Crippen LogP contribution in [0.5, 0.6) is 5.75 Å². The molecule has 6 heteroatoms. The van der Waals surface area contributed by atoms with Gasteiger partial charge in [0.25, 0.3) is 5.56 Å². The fraction of sp³-hybridized carbons (Fsp3) is 0.375. The van der Waals surface area contributed by atoms with Crippen molar-refractivity contribution in [3.8, 4) is 5.75 Å². The topological polar surface area (TPSA) is 77.8 Å². The van der Waals surface area contributed by atoms with Crippen LogP contribution in [0.2, 0.25) is 0 Å². The van der Waals surface area contributed by atoms with Crippen LogP contribution < -0.4 is 10.3 Å². The molecule has 1 N–H and O–H groups in total. The second-order valence-electron chi connectivity index (χ2n) is 4.83. The van der Waals surface area contributed by atoms with Gasteiger partial charge in [0, 0.05) is 24.7 Å². The number of rotatable bonds is 7. The van der Waals surface area contributed by atoms with Gasteiger partial charge in [-0.1, -0.05) is 6.07 Å². The van der Waals surface area contributed by atoms with Crippen molar-refractivity contribution < 1.29 is 19.4 Å². The summed E-state index contributed by atoms with van der Waals surface area (Å²) in [6, 6.07) is 6.80. The summed E-state index contributed by atoms with van der Waals surface area (Å²) in [5, 5.41) is 10.0. The molecule has 2 rings (SSSR count). The fourth-order valence-corrected chi connectivity index (χ4v) is 2.12. The minimum absolute atomic E-state index is 0.148. The van der Waals surface area contributed by atoms with E-state index in [1.165, 1.54) is 6.92 Å². The standard InChI is InChI=1S/C16H19NO5/c1-3-21-10-9-17-8-7-12-13(15(17)18)5-4-6-14(12)22-11(2)16(19)20/h4-8,11H,3,9-10H2,1-2H3,(H,19,20). The molecule has 0 saturated heterocycles. The predicted octanol–water partition coefficient (Wildman–Crippen LogP) is 1.89. The SMILES string of the molecule is CCOCCn1ccc2c(OC(C)C(=O)O)cccc2c1=O. The van der Waals surface area contributed by atoms with Crippen molar-refractivity contribution in [2.24, 2.45) is 0 Å². The molecule has 0 aliphatic carbocycles. The van der Waals surface area contributed by atoms with Gasteiger partial charge in [-0.05, 0) is 32.0 Å². The minimum Gasteiger partial charge on any atom is -0.479 e. The van der Waals surface area contributed by atoms with Crippen LogP contribution in [0.4, 0.5) is 0 Å². The Bertz CT molecular complexity index is 722.